The Hall–Kier alpha value is -2.50. The summed E-state index contributed by atoms with van der Waals surface area (Å²) in [6, 6.07) is 14.8. The smallest absolute Gasteiger partial charge is 0.306 e. The molecule has 1 aromatic heterocycles. The fourth-order valence-electron chi connectivity index (χ4n) is 6.15. The maximum atomic E-state index is 12.8. The number of nitrogens with zero attached hydrogens (tertiary/aromatic N) is 2. The highest BCUT2D eigenvalue weighted by Gasteiger charge is 2.38. The molecule has 0 saturated carbocycles. The van der Waals surface area contributed by atoms with Gasteiger partial charge in [-0.05, 0) is 87.5 Å². The molecule has 0 N–H and O–H groups in total. The largest absolute Gasteiger partial charge is 0.497 e. The Morgan fingerprint density at radius 2 is 1.94 bits per heavy atom. The van der Waals surface area contributed by atoms with Crippen LogP contribution in [-0.2, 0) is 22.5 Å². The summed E-state index contributed by atoms with van der Waals surface area (Å²) in [6.07, 6.45) is 3.66. The predicted molar refractivity (Wildman–Crippen MR) is 140 cm³/mol. The molecule has 0 spiro atoms. The van der Waals surface area contributed by atoms with Gasteiger partial charge in [-0.15, -0.1) is 0 Å². The van der Waals surface area contributed by atoms with E-state index >= 15 is 0 Å². The number of esters is 1. The van der Waals surface area contributed by atoms with Crippen LogP contribution in [0, 0.1) is 5.92 Å². The second-order valence-corrected chi connectivity index (χ2v) is 10.9. The highest BCUT2D eigenvalue weighted by molar-refractivity contribution is 6.31. The molecule has 3 atom stereocenters. The molecule has 2 heterocycles. The quantitative estimate of drug-likeness (QED) is 0.358. The number of carbonyl (C=O) groups excluding carboxylic acids is 1. The molecule has 3 unspecified atom stereocenters. The Morgan fingerprint density at radius 3 is 2.66 bits per heavy atom. The molecule has 5 nitrogen and oxygen atoms in total. The number of likely N-dealkylation sites (tertiary alicyclic amines) is 1. The molecule has 6 heteroatoms. The van der Waals surface area contributed by atoms with Crippen molar-refractivity contribution < 1.29 is 14.3 Å². The van der Waals surface area contributed by atoms with E-state index < -0.39 is 0 Å². The fraction of sp³-hybridized carbons (Fsp3) is 0.483. The van der Waals surface area contributed by atoms with Gasteiger partial charge >= 0.3 is 5.97 Å². The van der Waals surface area contributed by atoms with Gasteiger partial charge in [0.05, 0.1) is 19.6 Å². The third kappa shape index (κ3) is 4.81. The van der Waals surface area contributed by atoms with Crippen LogP contribution in [0.25, 0.3) is 10.9 Å². The van der Waals surface area contributed by atoms with E-state index in [9.17, 15) is 4.79 Å². The maximum Gasteiger partial charge on any atom is 0.306 e. The van der Waals surface area contributed by atoms with E-state index in [-0.39, 0.29) is 18.0 Å². The van der Waals surface area contributed by atoms with Crippen molar-refractivity contribution in [2.75, 3.05) is 20.7 Å². The summed E-state index contributed by atoms with van der Waals surface area (Å²) in [6.45, 7) is 5.67. The zero-order valence-electron chi connectivity index (χ0n) is 21.1. The van der Waals surface area contributed by atoms with E-state index in [2.05, 4.69) is 40.8 Å². The van der Waals surface area contributed by atoms with Crippen molar-refractivity contribution in [1.29, 1.82) is 0 Å². The van der Waals surface area contributed by atoms with E-state index in [1.165, 1.54) is 35.0 Å². The summed E-state index contributed by atoms with van der Waals surface area (Å²) >= 11 is 6.50. The van der Waals surface area contributed by atoms with Gasteiger partial charge in [0.15, 0.2) is 0 Å². The van der Waals surface area contributed by atoms with Crippen LogP contribution in [0.5, 0.6) is 5.75 Å². The number of hydrogen-bond acceptors (Lipinski definition) is 4. The number of methoxy groups -OCH3 is 1. The molecule has 2 bridgehead atoms. The van der Waals surface area contributed by atoms with Crippen LogP contribution in [0.4, 0.5) is 0 Å². The first-order chi connectivity index (χ1) is 16.8. The summed E-state index contributed by atoms with van der Waals surface area (Å²) in [5, 5.41) is 2.02. The number of rotatable bonds is 7. The molecule has 0 amide bonds. The Morgan fingerprint density at radius 1 is 1.17 bits per heavy atom. The zero-order valence-corrected chi connectivity index (χ0v) is 21.8. The molecule has 2 aromatic carbocycles. The highest BCUT2D eigenvalue weighted by atomic mass is 35.5. The molecule has 186 valence electrons. The minimum absolute atomic E-state index is 0.0132. The molecule has 2 aliphatic rings. The number of hydrogen-bond donors (Lipinski definition) is 0. The van der Waals surface area contributed by atoms with E-state index in [4.69, 9.17) is 21.1 Å². The lowest BCUT2D eigenvalue weighted by atomic mass is 9.95. The van der Waals surface area contributed by atoms with Crippen LogP contribution in [0.15, 0.2) is 42.5 Å². The zero-order chi connectivity index (χ0) is 24.7. The van der Waals surface area contributed by atoms with Crippen LogP contribution in [-0.4, -0.2) is 42.2 Å². The summed E-state index contributed by atoms with van der Waals surface area (Å²) < 4.78 is 13.4. The van der Waals surface area contributed by atoms with E-state index in [1.807, 2.05) is 32.0 Å². The molecule has 1 aliphatic heterocycles. The van der Waals surface area contributed by atoms with E-state index in [1.54, 1.807) is 7.11 Å². The van der Waals surface area contributed by atoms with Gasteiger partial charge < -0.3 is 14.0 Å². The SMILES string of the molecule is COc1ccc(C(CC(=O)OC(C)C)Cn2c3c(c4cc(Cl)ccc42)C2CC(CC3)CN2C)cc1. The van der Waals surface area contributed by atoms with Gasteiger partial charge in [-0.2, -0.15) is 0 Å². The molecule has 35 heavy (non-hydrogen) atoms. The van der Waals surface area contributed by atoms with Crippen molar-refractivity contribution in [1.82, 2.24) is 9.47 Å². The molecular formula is C29H35ClN2O3. The minimum Gasteiger partial charge on any atom is -0.497 e. The number of aromatic nitrogens is 1. The first kappa shape index (κ1) is 24.2. The normalized spacial score (nSPS) is 20.6. The van der Waals surface area contributed by atoms with Crippen LogP contribution in [0.2, 0.25) is 5.02 Å². The van der Waals surface area contributed by atoms with E-state index in [0.29, 0.717) is 19.0 Å². The number of ether oxygens (including phenoxy) is 2. The monoisotopic (exact) mass is 494 g/mol. The van der Waals surface area contributed by atoms with Gasteiger partial charge in [-0.1, -0.05) is 23.7 Å². The van der Waals surface area contributed by atoms with Gasteiger partial charge in [0.1, 0.15) is 5.75 Å². The summed E-state index contributed by atoms with van der Waals surface area (Å²) in [4.78, 5) is 15.3. The first-order valence-corrected chi connectivity index (χ1v) is 13.1. The molecule has 1 saturated heterocycles. The number of carbonyl (C=O) groups is 1. The highest BCUT2D eigenvalue weighted by Crippen LogP contribution is 2.46. The molecule has 1 aliphatic carbocycles. The lowest BCUT2D eigenvalue weighted by molar-refractivity contribution is -0.147. The van der Waals surface area contributed by atoms with Gasteiger partial charge in [0.25, 0.3) is 0 Å². The van der Waals surface area contributed by atoms with Gasteiger partial charge in [-0.25, -0.2) is 0 Å². The Bertz CT molecular complexity index is 1220. The molecular weight excluding hydrogens is 460 g/mol. The van der Waals surface area contributed by atoms with Crippen molar-refractivity contribution in [3.05, 3.63) is 64.3 Å². The van der Waals surface area contributed by atoms with Crippen LogP contribution >= 0.6 is 11.6 Å². The molecule has 1 fully saturated rings. The second kappa shape index (κ2) is 9.87. The van der Waals surface area contributed by atoms with Gasteiger partial charge in [0, 0.05) is 46.7 Å². The van der Waals surface area contributed by atoms with Gasteiger partial charge in [-0.3, -0.25) is 9.69 Å². The molecule has 0 radical (unpaired) electrons. The van der Waals surface area contributed by atoms with Crippen molar-refractivity contribution in [3.63, 3.8) is 0 Å². The topological polar surface area (TPSA) is 43.7 Å². The van der Waals surface area contributed by atoms with Gasteiger partial charge in [0.2, 0.25) is 0 Å². The lowest BCUT2D eigenvalue weighted by Gasteiger charge is -2.24. The maximum absolute atomic E-state index is 12.8. The molecule has 5 rings (SSSR count). The summed E-state index contributed by atoms with van der Waals surface area (Å²) in [7, 11) is 3.92. The van der Waals surface area contributed by atoms with Crippen LogP contribution in [0.1, 0.15) is 61.9 Å². The second-order valence-electron chi connectivity index (χ2n) is 10.4. The Kier molecular flexibility index (Phi) is 6.82. The average molecular weight is 495 g/mol. The predicted octanol–water partition coefficient (Wildman–Crippen LogP) is 6.37. The summed E-state index contributed by atoms with van der Waals surface area (Å²) in [5.74, 6) is 1.37. The van der Waals surface area contributed by atoms with Crippen LogP contribution in [0.3, 0.4) is 0 Å². The van der Waals surface area contributed by atoms with Crippen LogP contribution < -0.4 is 4.74 Å². The fourth-order valence-corrected chi connectivity index (χ4v) is 6.32. The average Bonchev–Trinajstić information content (AvgIpc) is 3.24. The first-order valence-electron chi connectivity index (χ1n) is 12.7. The third-order valence-electron chi connectivity index (χ3n) is 7.70. The van der Waals surface area contributed by atoms with Crippen molar-refractivity contribution in [2.45, 2.75) is 64.1 Å². The Labute approximate surface area is 213 Å². The summed E-state index contributed by atoms with van der Waals surface area (Å²) in [5.41, 5.74) is 5.15. The van der Waals surface area contributed by atoms with Crippen molar-refractivity contribution >= 4 is 28.5 Å². The van der Waals surface area contributed by atoms with Crippen molar-refractivity contribution in [2.24, 2.45) is 5.92 Å². The Balaban J connectivity index is 1.59. The minimum atomic E-state index is -0.162. The standard InChI is InChI=1S/C29H35ClN2O3/c1-18(2)35-28(33)14-21(20-6-9-23(34-4)10-7-20)17-32-25-12-8-22(30)15-24(25)29-26(32)11-5-19-13-27(29)31(3)16-19/h6-10,12,15,18-19,21,27H,5,11,13-14,16-17H2,1-4H3. The van der Waals surface area contributed by atoms with E-state index in [0.717, 1.165) is 35.2 Å². The van der Waals surface area contributed by atoms with Crippen molar-refractivity contribution in [3.8, 4) is 5.75 Å². The third-order valence-corrected chi connectivity index (χ3v) is 7.94. The number of fused-ring (bicyclic) bond motifs is 6. The number of halogens is 1. The lowest BCUT2D eigenvalue weighted by Crippen LogP contribution is -2.22. The number of benzene rings is 2. The molecule has 3 aromatic rings.